The van der Waals surface area contributed by atoms with Crippen LogP contribution in [-0.2, 0) is 21.4 Å². The quantitative estimate of drug-likeness (QED) is 0.566. The number of nitrogens with one attached hydrogen (secondary N) is 1. The van der Waals surface area contributed by atoms with Crippen molar-refractivity contribution in [2.75, 3.05) is 25.6 Å². The van der Waals surface area contributed by atoms with E-state index in [1.165, 1.54) is 0 Å². The van der Waals surface area contributed by atoms with Crippen molar-refractivity contribution in [3.05, 3.63) is 54.1 Å². The monoisotopic (exact) mass is 462 g/mol. The summed E-state index contributed by atoms with van der Waals surface area (Å²) in [6, 6.07) is 13.6. The molecule has 3 rings (SSSR count). The summed E-state index contributed by atoms with van der Waals surface area (Å²) in [5.41, 5.74) is 1.42. The van der Waals surface area contributed by atoms with E-state index in [9.17, 15) is 13.2 Å². The number of rotatable bonds is 9. The molecule has 2 amide bonds. The van der Waals surface area contributed by atoms with E-state index in [1.807, 2.05) is 12.1 Å². The molecule has 0 bridgehead atoms. The van der Waals surface area contributed by atoms with Crippen LogP contribution in [0.3, 0.4) is 0 Å². The molecule has 0 aliphatic carbocycles. The molecule has 1 heterocycles. The second-order valence-electron chi connectivity index (χ2n) is 7.91. The topological polar surface area (TPSA) is 94.2 Å². The maximum Gasteiger partial charge on any atom is 0.322 e. The van der Waals surface area contributed by atoms with Gasteiger partial charge in [0.15, 0.2) is 0 Å². The Bertz CT molecular complexity index is 1000. The van der Waals surface area contributed by atoms with Crippen molar-refractivity contribution in [1.29, 1.82) is 0 Å². The number of nitrogens with zero attached hydrogens (tertiary/aromatic N) is 1. The number of ether oxygens (including phenoxy) is 2. The number of anilines is 1. The van der Waals surface area contributed by atoms with Crippen molar-refractivity contribution in [2.24, 2.45) is 0 Å². The third-order valence-electron chi connectivity index (χ3n) is 5.17. The van der Waals surface area contributed by atoms with Crippen LogP contribution in [0.1, 0.15) is 32.3 Å². The van der Waals surface area contributed by atoms with Gasteiger partial charge in [0.2, 0.25) is 0 Å². The second kappa shape index (κ2) is 10.7. The molecule has 0 radical (unpaired) electrons. The number of carbonyl (C=O) groups excluding carboxylic acids is 1. The van der Waals surface area contributed by atoms with Crippen molar-refractivity contribution in [1.82, 2.24) is 4.90 Å². The summed E-state index contributed by atoms with van der Waals surface area (Å²) in [4.78, 5) is 14.8. The predicted molar refractivity (Wildman–Crippen MR) is 123 cm³/mol. The Morgan fingerprint density at radius 3 is 2.53 bits per heavy atom. The van der Waals surface area contributed by atoms with E-state index in [1.54, 1.807) is 62.3 Å². The number of urea groups is 1. The third-order valence-corrected chi connectivity index (χ3v) is 6.75. The molecule has 0 aromatic heterocycles. The van der Waals surface area contributed by atoms with Gasteiger partial charge in [-0.1, -0.05) is 24.3 Å². The van der Waals surface area contributed by atoms with Crippen molar-refractivity contribution in [2.45, 2.75) is 44.6 Å². The lowest BCUT2D eigenvalue weighted by Gasteiger charge is -2.26. The standard InChI is InChI=1S/C23H30N2O6S/c1-17(2)32(27,28)31-19-12-10-18(11-13-19)15-25(16-20-7-6-14-30-20)23(26)24-21-8-4-5-9-22(21)29-3/h4-5,8-13,17,20H,6-7,14-16H2,1-3H3,(H,24,26)/t20-/m0/s1. The van der Waals surface area contributed by atoms with E-state index < -0.39 is 15.4 Å². The SMILES string of the molecule is COc1ccccc1NC(=O)N(Cc1ccc(OS(=O)(=O)C(C)C)cc1)C[C@@H]1CCCO1. The molecular formula is C23H30N2O6S. The highest BCUT2D eigenvalue weighted by molar-refractivity contribution is 7.87. The van der Waals surface area contributed by atoms with Gasteiger partial charge in [-0.05, 0) is 56.5 Å². The summed E-state index contributed by atoms with van der Waals surface area (Å²) in [7, 11) is -2.11. The molecule has 1 N–H and O–H groups in total. The fourth-order valence-electron chi connectivity index (χ4n) is 3.30. The third kappa shape index (κ3) is 6.37. The Morgan fingerprint density at radius 2 is 1.91 bits per heavy atom. The molecule has 1 saturated heterocycles. The highest BCUT2D eigenvalue weighted by atomic mass is 32.2. The lowest BCUT2D eigenvalue weighted by molar-refractivity contribution is 0.0819. The minimum absolute atomic E-state index is 0.0165. The average molecular weight is 463 g/mol. The van der Waals surface area contributed by atoms with Gasteiger partial charge in [-0.25, -0.2) is 4.79 Å². The van der Waals surface area contributed by atoms with Gasteiger partial charge >= 0.3 is 16.1 Å². The van der Waals surface area contributed by atoms with Crippen LogP contribution in [0.25, 0.3) is 0 Å². The minimum atomic E-state index is -3.66. The van der Waals surface area contributed by atoms with Crippen LogP contribution in [0.5, 0.6) is 11.5 Å². The molecule has 2 aromatic carbocycles. The number of para-hydroxylation sites is 2. The molecule has 1 fully saturated rings. The Labute approximate surface area is 189 Å². The van der Waals surface area contributed by atoms with Crippen molar-refractivity contribution in [3.8, 4) is 11.5 Å². The zero-order valence-corrected chi connectivity index (χ0v) is 19.4. The lowest BCUT2D eigenvalue weighted by Crippen LogP contribution is -2.39. The Hall–Kier alpha value is -2.78. The van der Waals surface area contributed by atoms with Crippen LogP contribution in [0.4, 0.5) is 10.5 Å². The maximum absolute atomic E-state index is 13.1. The molecule has 1 aliphatic heterocycles. The molecule has 9 heteroatoms. The molecule has 2 aromatic rings. The molecule has 0 unspecified atom stereocenters. The van der Waals surface area contributed by atoms with E-state index in [4.69, 9.17) is 13.7 Å². The van der Waals surface area contributed by atoms with Crippen LogP contribution in [0, 0.1) is 0 Å². The zero-order chi connectivity index (χ0) is 23.1. The molecular weight excluding hydrogens is 432 g/mol. The van der Waals surface area contributed by atoms with Gasteiger partial charge in [0.05, 0.1) is 24.2 Å². The number of carbonyl (C=O) groups is 1. The molecule has 1 atom stereocenters. The minimum Gasteiger partial charge on any atom is -0.495 e. The van der Waals surface area contributed by atoms with Crippen LogP contribution in [0.15, 0.2) is 48.5 Å². The number of hydrogen-bond donors (Lipinski definition) is 1. The molecule has 1 aliphatic rings. The lowest BCUT2D eigenvalue weighted by atomic mass is 10.2. The summed E-state index contributed by atoms with van der Waals surface area (Å²) >= 11 is 0. The summed E-state index contributed by atoms with van der Waals surface area (Å²) < 4.78 is 40.1. The van der Waals surface area contributed by atoms with Gasteiger partial charge in [0, 0.05) is 19.7 Å². The van der Waals surface area contributed by atoms with Crippen molar-refractivity contribution < 1.29 is 26.9 Å². The first-order valence-corrected chi connectivity index (χ1v) is 12.1. The van der Waals surface area contributed by atoms with E-state index in [2.05, 4.69) is 5.32 Å². The number of hydrogen-bond acceptors (Lipinski definition) is 6. The van der Waals surface area contributed by atoms with Crippen LogP contribution >= 0.6 is 0 Å². The van der Waals surface area contributed by atoms with Crippen LogP contribution in [-0.4, -0.2) is 51.0 Å². The fraction of sp³-hybridized carbons (Fsp3) is 0.435. The normalized spacial score (nSPS) is 16.1. The molecule has 174 valence electrons. The van der Waals surface area contributed by atoms with Crippen molar-refractivity contribution >= 4 is 21.8 Å². The molecule has 0 saturated carbocycles. The first-order valence-electron chi connectivity index (χ1n) is 10.6. The molecule has 8 nitrogen and oxygen atoms in total. The van der Waals surface area contributed by atoms with E-state index >= 15 is 0 Å². The van der Waals surface area contributed by atoms with Gasteiger partial charge in [-0.3, -0.25) is 0 Å². The van der Waals surface area contributed by atoms with Crippen molar-refractivity contribution in [3.63, 3.8) is 0 Å². The second-order valence-corrected chi connectivity index (χ2v) is 10.0. The van der Waals surface area contributed by atoms with Gasteiger partial charge in [0.25, 0.3) is 0 Å². The van der Waals surface area contributed by atoms with Gasteiger partial charge in [0.1, 0.15) is 11.5 Å². The highest BCUT2D eigenvalue weighted by Crippen LogP contribution is 2.25. The summed E-state index contributed by atoms with van der Waals surface area (Å²) in [6.45, 7) is 4.60. The zero-order valence-electron chi connectivity index (χ0n) is 18.6. The largest absolute Gasteiger partial charge is 0.495 e. The summed E-state index contributed by atoms with van der Waals surface area (Å²) in [5, 5.41) is 2.28. The average Bonchev–Trinajstić information content (AvgIpc) is 3.28. The molecule has 32 heavy (non-hydrogen) atoms. The van der Waals surface area contributed by atoms with E-state index in [-0.39, 0.29) is 17.9 Å². The van der Waals surface area contributed by atoms with Crippen LogP contribution < -0.4 is 14.2 Å². The highest BCUT2D eigenvalue weighted by Gasteiger charge is 2.24. The smallest absolute Gasteiger partial charge is 0.322 e. The Balaban J connectivity index is 1.73. The fourth-order valence-corrected chi connectivity index (χ4v) is 3.87. The van der Waals surface area contributed by atoms with Gasteiger partial charge in [-0.2, -0.15) is 8.42 Å². The van der Waals surface area contributed by atoms with Crippen LogP contribution in [0.2, 0.25) is 0 Å². The first-order chi connectivity index (χ1) is 15.3. The summed E-state index contributed by atoms with van der Waals surface area (Å²) in [6.07, 6.45) is 1.86. The number of methoxy groups -OCH3 is 1. The Morgan fingerprint density at radius 1 is 1.19 bits per heavy atom. The van der Waals surface area contributed by atoms with Gasteiger partial charge < -0.3 is 23.9 Å². The van der Waals surface area contributed by atoms with E-state index in [0.717, 1.165) is 18.4 Å². The maximum atomic E-state index is 13.1. The van der Waals surface area contributed by atoms with E-state index in [0.29, 0.717) is 31.1 Å². The number of benzene rings is 2. The van der Waals surface area contributed by atoms with Gasteiger partial charge in [-0.15, -0.1) is 0 Å². The number of amides is 2. The Kier molecular flexibility index (Phi) is 7.98. The predicted octanol–water partition coefficient (Wildman–Crippen LogP) is 4.03. The first kappa shape index (κ1) is 23.9. The summed E-state index contributed by atoms with van der Waals surface area (Å²) in [5.74, 6) is 0.817. The molecule has 0 spiro atoms.